The van der Waals surface area contributed by atoms with Gasteiger partial charge in [0.2, 0.25) is 5.91 Å². The third-order valence-corrected chi connectivity index (χ3v) is 7.54. The van der Waals surface area contributed by atoms with E-state index >= 15 is 0 Å². The van der Waals surface area contributed by atoms with Crippen molar-refractivity contribution in [3.63, 3.8) is 0 Å². The number of sulfonamides is 1. The molecule has 0 aliphatic carbocycles. The summed E-state index contributed by atoms with van der Waals surface area (Å²) in [6.45, 7) is 9.84. The monoisotopic (exact) mass is 480 g/mol. The van der Waals surface area contributed by atoms with Gasteiger partial charge in [-0.2, -0.15) is 0 Å². The van der Waals surface area contributed by atoms with Crippen molar-refractivity contribution in [3.8, 4) is 5.75 Å². The van der Waals surface area contributed by atoms with Gasteiger partial charge in [0.1, 0.15) is 18.9 Å². The largest absolute Gasteiger partial charge is 0.491 e. The molecule has 3 aromatic rings. The topological polar surface area (TPSA) is 75.7 Å². The lowest BCUT2D eigenvalue weighted by molar-refractivity contribution is -0.119. The van der Waals surface area contributed by atoms with Crippen molar-refractivity contribution in [3.05, 3.63) is 88.5 Å². The molecular weight excluding hydrogens is 448 g/mol. The predicted molar refractivity (Wildman–Crippen MR) is 136 cm³/mol. The molecule has 7 heteroatoms. The zero-order valence-corrected chi connectivity index (χ0v) is 21.2. The number of anilines is 1. The molecule has 1 amide bonds. The molecule has 0 radical (unpaired) electrons. The smallest absolute Gasteiger partial charge is 0.264 e. The molecule has 3 aromatic carbocycles. The lowest BCUT2D eigenvalue weighted by Gasteiger charge is -2.26. The van der Waals surface area contributed by atoms with Crippen LogP contribution in [-0.2, 0) is 14.8 Å². The summed E-state index contributed by atoms with van der Waals surface area (Å²) in [5.41, 5.74) is 5.31. The Morgan fingerprint density at radius 3 is 2.26 bits per heavy atom. The van der Waals surface area contributed by atoms with Crippen LogP contribution in [0, 0.1) is 34.6 Å². The molecule has 0 aliphatic heterocycles. The maximum Gasteiger partial charge on any atom is 0.264 e. The van der Waals surface area contributed by atoms with Gasteiger partial charge in [-0.1, -0.05) is 42.0 Å². The highest BCUT2D eigenvalue weighted by Crippen LogP contribution is 2.28. The third-order valence-electron chi connectivity index (χ3n) is 5.77. The second-order valence-corrected chi connectivity index (χ2v) is 10.4. The minimum atomic E-state index is -3.95. The molecule has 34 heavy (non-hydrogen) atoms. The summed E-state index contributed by atoms with van der Waals surface area (Å²) in [5.74, 6) is 0.370. The minimum absolute atomic E-state index is 0.144. The molecule has 180 valence electrons. The highest BCUT2D eigenvalue weighted by molar-refractivity contribution is 7.92. The van der Waals surface area contributed by atoms with E-state index in [0.717, 1.165) is 33.6 Å². The summed E-state index contributed by atoms with van der Waals surface area (Å²) in [5, 5.41) is 2.78. The molecule has 0 aliphatic rings. The van der Waals surface area contributed by atoms with Crippen molar-refractivity contribution in [1.29, 1.82) is 0 Å². The molecule has 0 unspecified atom stereocenters. The maximum absolute atomic E-state index is 13.5. The number of nitrogens with one attached hydrogen (secondary N) is 1. The van der Waals surface area contributed by atoms with E-state index in [1.807, 2.05) is 65.0 Å². The van der Waals surface area contributed by atoms with Crippen LogP contribution < -0.4 is 14.4 Å². The maximum atomic E-state index is 13.5. The Labute approximate surface area is 202 Å². The van der Waals surface area contributed by atoms with Gasteiger partial charge < -0.3 is 10.1 Å². The second kappa shape index (κ2) is 10.7. The number of benzene rings is 3. The van der Waals surface area contributed by atoms with Crippen LogP contribution in [0.4, 0.5) is 5.69 Å². The molecule has 0 saturated heterocycles. The zero-order chi connectivity index (χ0) is 24.9. The van der Waals surface area contributed by atoms with Gasteiger partial charge in [0, 0.05) is 0 Å². The fourth-order valence-electron chi connectivity index (χ4n) is 3.54. The lowest BCUT2D eigenvalue weighted by Crippen LogP contribution is -2.42. The van der Waals surface area contributed by atoms with E-state index < -0.39 is 15.9 Å². The Balaban J connectivity index is 1.76. The Morgan fingerprint density at radius 2 is 1.56 bits per heavy atom. The number of rotatable bonds is 9. The Bertz CT molecular complexity index is 1270. The Kier molecular flexibility index (Phi) is 7.99. The molecular formula is C27H32N2O4S. The summed E-state index contributed by atoms with van der Waals surface area (Å²) in [4.78, 5) is 13.0. The van der Waals surface area contributed by atoms with Gasteiger partial charge in [0.25, 0.3) is 10.0 Å². The third kappa shape index (κ3) is 5.97. The van der Waals surface area contributed by atoms with Crippen molar-refractivity contribution in [2.45, 2.75) is 39.5 Å². The van der Waals surface area contributed by atoms with E-state index in [4.69, 9.17) is 4.74 Å². The number of hydrogen-bond acceptors (Lipinski definition) is 4. The van der Waals surface area contributed by atoms with E-state index in [0.29, 0.717) is 5.69 Å². The van der Waals surface area contributed by atoms with E-state index in [-0.39, 0.29) is 24.6 Å². The molecule has 0 heterocycles. The van der Waals surface area contributed by atoms with E-state index in [2.05, 4.69) is 5.32 Å². The lowest BCUT2D eigenvalue weighted by atomic mass is 10.1. The Hall–Kier alpha value is -3.32. The average molecular weight is 481 g/mol. The molecule has 0 fully saturated rings. The van der Waals surface area contributed by atoms with Crippen LogP contribution >= 0.6 is 0 Å². The number of hydrogen-bond donors (Lipinski definition) is 1. The number of nitrogens with zero attached hydrogens (tertiary/aromatic N) is 1. The summed E-state index contributed by atoms with van der Waals surface area (Å²) < 4.78 is 34.1. The van der Waals surface area contributed by atoms with E-state index in [1.54, 1.807) is 30.3 Å². The van der Waals surface area contributed by atoms with Crippen LogP contribution in [0.15, 0.2) is 65.6 Å². The van der Waals surface area contributed by atoms with Crippen LogP contribution in [0.5, 0.6) is 5.75 Å². The van der Waals surface area contributed by atoms with Crippen molar-refractivity contribution in [2.75, 3.05) is 24.0 Å². The van der Waals surface area contributed by atoms with Crippen LogP contribution in [-0.4, -0.2) is 34.0 Å². The quantitative estimate of drug-likeness (QED) is 0.454. The van der Waals surface area contributed by atoms with E-state index in [1.165, 1.54) is 4.31 Å². The summed E-state index contributed by atoms with van der Waals surface area (Å²) in [7, 11) is -3.95. The number of amides is 1. The van der Waals surface area contributed by atoms with Crippen LogP contribution in [0.3, 0.4) is 0 Å². The van der Waals surface area contributed by atoms with Gasteiger partial charge >= 0.3 is 0 Å². The summed E-state index contributed by atoms with van der Waals surface area (Å²) in [6.07, 6.45) is 0. The summed E-state index contributed by atoms with van der Waals surface area (Å²) in [6, 6.07) is 18.0. The normalized spacial score (nSPS) is 11.2. The van der Waals surface area contributed by atoms with Gasteiger partial charge in [0.05, 0.1) is 17.1 Å². The average Bonchev–Trinajstić information content (AvgIpc) is 2.79. The molecule has 3 rings (SSSR count). The molecule has 1 N–H and O–H groups in total. The van der Waals surface area contributed by atoms with Crippen molar-refractivity contribution < 1.29 is 17.9 Å². The molecule has 0 bridgehead atoms. The fourth-order valence-corrected chi connectivity index (χ4v) is 5.02. The highest BCUT2D eigenvalue weighted by Gasteiger charge is 2.28. The standard InChI is InChI=1S/C27H32N2O4S/c1-19-10-13-24(14-11-19)34(31,32)29(25-17-20(2)9-12-22(25)4)18-27(30)28-15-16-33-26-8-6-7-21(3)23(26)5/h6-14,17H,15-16,18H2,1-5H3,(H,28,30). The van der Waals surface area contributed by atoms with Crippen LogP contribution in [0.1, 0.15) is 27.8 Å². The molecule has 0 aromatic heterocycles. The fraction of sp³-hybridized carbons (Fsp3) is 0.296. The number of carbonyl (C=O) groups excluding carboxylic acids is 1. The molecule has 6 nitrogen and oxygen atoms in total. The van der Waals surface area contributed by atoms with Crippen LogP contribution in [0.25, 0.3) is 0 Å². The minimum Gasteiger partial charge on any atom is -0.491 e. The Morgan fingerprint density at radius 1 is 0.882 bits per heavy atom. The second-order valence-electron chi connectivity index (χ2n) is 8.51. The van der Waals surface area contributed by atoms with Gasteiger partial charge in [0.15, 0.2) is 0 Å². The van der Waals surface area contributed by atoms with Gasteiger partial charge in [-0.25, -0.2) is 8.42 Å². The first kappa shape index (κ1) is 25.3. The highest BCUT2D eigenvalue weighted by atomic mass is 32.2. The number of carbonyl (C=O) groups is 1. The van der Waals surface area contributed by atoms with Gasteiger partial charge in [-0.15, -0.1) is 0 Å². The van der Waals surface area contributed by atoms with Crippen molar-refractivity contribution in [2.24, 2.45) is 0 Å². The predicted octanol–water partition coefficient (Wildman–Crippen LogP) is 4.62. The molecule has 0 atom stereocenters. The van der Waals surface area contributed by atoms with Gasteiger partial charge in [-0.3, -0.25) is 9.10 Å². The van der Waals surface area contributed by atoms with Crippen molar-refractivity contribution >= 4 is 21.6 Å². The number of ether oxygens (including phenoxy) is 1. The zero-order valence-electron chi connectivity index (χ0n) is 20.4. The summed E-state index contributed by atoms with van der Waals surface area (Å²) >= 11 is 0. The molecule has 0 saturated carbocycles. The first-order chi connectivity index (χ1) is 16.1. The number of aryl methyl sites for hydroxylation is 4. The SMILES string of the molecule is Cc1ccc(S(=O)(=O)N(CC(=O)NCCOc2cccc(C)c2C)c2cc(C)ccc2C)cc1. The van der Waals surface area contributed by atoms with Crippen LogP contribution in [0.2, 0.25) is 0 Å². The van der Waals surface area contributed by atoms with Crippen molar-refractivity contribution in [1.82, 2.24) is 5.32 Å². The van der Waals surface area contributed by atoms with E-state index in [9.17, 15) is 13.2 Å². The first-order valence-electron chi connectivity index (χ1n) is 11.2. The van der Waals surface area contributed by atoms with Gasteiger partial charge in [-0.05, 0) is 81.1 Å². The first-order valence-corrected chi connectivity index (χ1v) is 12.7. The molecule has 0 spiro atoms.